The summed E-state index contributed by atoms with van der Waals surface area (Å²) in [6.07, 6.45) is 4.04. The van der Waals surface area contributed by atoms with Crippen LogP contribution in [0.3, 0.4) is 0 Å². The topological polar surface area (TPSA) is 99.1 Å². The Labute approximate surface area is 214 Å². The molecule has 1 amide bonds. The van der Waals surface area contributed by atoms with Gasteiger partial charge in [0.15, 0.2) is 14.6 Å². The number of carbonyl (C=O) groups excluding carboxylic acids is 1. The molecule has 6 nitrogen and oxygen atoms in total. The van der Waals surface area contributed by atoms with Crippen molar-refractivity contribution in [1.29, 1.82) is 5.26 Å². The predicted molar refractivity (Wildman–Crippen MR) is 145 cm³/mol. The first-order valence-electron chi connectivity index (χ1n) is 12.0. The van der Waals surface area contributed by atoms with Crippen LogP contribution in [-0.2, 0) is 25.8 Å². The van der Waals surface area contributed by atoms with E-state index in [0.29, 0.717) is 31.5 Å². The normalized spacial score (nSPS) is 14.1. The summed E-state index contributed by atoms with van der Waals surface area (Å²) >= 11 is 1.69. The molecule has 2 atom stereocenters. The quantitative estimate of drug-likeness (QED) is 0.347. The average Bonchev–Trinajstić information content (AvgIpc) is 2.87. The Balaban J connectivity index is 2.00. The van der Waals surface area contributed by atoms with Crippen LogP contribution in [-0.4, -0.2) is 50.7 Å². The van der Waals surface area contributed by atoms with E-state index in [-0.39, 0.29) is 18.4 Å². The van der Waals surface area contributed by atoms with E-state index in [1.807, 2.05) is 24.5 Å². The zero-order valence-electron chi connectivity index (χ0n) is 20.9. The Hall–Kier alpha value is -2.34. The first-order valence-corrected chi connectivity index (χ1v) is 15.0. The number of hydrogen-bond donors (Lipinski definition) is 2. The third-order valence-corrected chi connectivity index (χ3v) is 9.49. The van der Waals surface area contributed by atoms with Crippen molar-refractivity contribution in [3.63, 3.8) is 0 Å². The van der Waals surface area contributed by atoms with Gasteiger partial charge in [-0.25, -0.2) is 8.42 Å². The van der Waals surface area contributed by atoms with Gasteiger partial charge in [-0.3, -0.25) is 4.79 Å². The Kier molecular flexibility index (Phi) is 11.8. The fraction of sp³-hybridized carbons (Fsp3) is 0.481. The van der Waals surface area contributed by atoms with Crippen molar-refractivity contribution in [3.05, 3.63) is 71.8 Å². The van der Waals surface area contributed by atoms with E-state index in [0.717, 1.165) is 12.2 Å². The zero-order valence-corrected chi connectivity index (χ0v) is 22.5. The van der Waals surface area contributed by atoms with Crippen LogP contribution in [0.25, 0.3) is 0 Å². The van der Waals surface area contributed by atoms with Crippen LogP contribution in [0, 0.1) is 11.3 Å². The summed E-state index contributed by atoms with van der Waals surface area (Å²) in [4.78, 5) is 12.9. The Morgan fingerprint density at radius 1 is 1.06 bits per heavy atom. The number of carbonyl (C=O) groups is 1. The van der Waals surface area contributed by atoms with Gasteiger partial charge in [0.2, 0.25) is 5.91 Å². The molecular formula is C27H37N3O3S2. The molecule has 8 heteroatoms. The summed E-state index contributed by atoms with van der Waals surface area (Å²) in [7, 11) is -3.76. The molecule has 2 N–H and O–H groups in total. The number of rotatable bonds is 15. The molecule has 190 valence electrons. The first-order chi connectivity index (χ1) is 16.8. The molecule has 0 spiro atoms. The van der Waals surface area contributed by atoms with E-state index in [4.69, 9.17) is 0 Å². The molecule has 0 aliphatic rings. The van der Waals surface area contributed by atoms with E-state index < -0.39 is 19.8 Å². The average molecular weight is 516 g/mol. The van der Waals surface area contributed by atoms with Crippen molar-refractivity contribution in [2.45, 2.75) is 55.6 Å². The number of amides is 1. The Morgan fingerprint density at radius 3 is 2.26 bits per heavy atom. The second kappa shape index (κ2) is 14.3. The van der Waals surface area contributed by atoms with Crippen LogP contribution in [0.15, 0.2) is 60.7 Å². The molecule has 2 aromatic rings. The summed E-state index contributed by atoms with van der Waals surface area (Å²) in [5.74, 6) is 0.760. The summed E-state index contributed by atoms with van der Waals surface area (Å²) in [6.45, 7) is 4.20. The lowest BCUT2D eigenvalue weighted by molar-refractivity contribution is -0.123. The van der Waals surface area contributed by atoms with E-state index in [1.54, 1.807) is 55.9 Å². The van der Waals surface area contributed by atoms with E-state index >= 15 is 0 Å². The van der Waals surface area contributed by atoms with E-state index in [1.165, 1.54) is 5.56 Å². The lowest BCUT2D eigenvalue weighted by Crippen LogP contribution is -2.46. The molecule has 0 saturated heterocycles. The summed E-state index contributed by atoms with van der Waals surface area (Å²) < 4.78 is 24.9. The van der Waals surface area contributed by atoms with Crippen LogP contribution >= 0.6 is 11.8 Å². The molecule has 2 rings (SSSR count). The van der Waals surface area contributed by atoms with Gasteiger partial charge in [-0.05, 0) is 69.2 Å². The fourth-order valence-corrected chi connectivity index (χ4v) is 6.31. The SMILES string of the molecule is CSCCC(NCCc1ccccc1)C(=O)NCCC[C@@](C#N)(c1ccccc1)S(=O)(=O)C(C)C. The second-order valence-electron chi connectivity index (χ2n) is 8.82. The largest absolute Gasteiger partial charge is 0.355 e. The third-order valence-electron chi connectivity index (χ3n) is 6.11. The summed E-state index contributed by atoms with van der Waals surface area (Å²) in [5, 5.41) is 15.7. The van der Waals surface area contributed by atoms with Crippen LogP contribution in [0.1, 0.15) is 44.2 Å². The van der Waals surface area contributed by atoms with Crippen LogP contribution in [0.5, 0.6) is 0 Å². The monoisotopic (exact) mass is 515 g/mol. The number of benzene rings is 2. The van der Waals surface area contributed by atoms with Crippen molar-refractivity contribution < 1.29 is 13.2 Å². The van der Waals surface area contributed by atoms with Gasteiger partial charge < -0.3 is 10.6 Å². The summed E-state index contributed by atoms with van der Waals surface area (Å²) in [6, 6.07) is 20.6. The van der Waals surface area contributed by atoms with Gasteiger partial charge in [0.1, 0.15) is 0 Å². The number of thioether (sulfide) groups is 1. The number of nitriles is 1. The molecule has 0 bridgehead atoms. The number of nitrogens with one attached hydrogen (secondary N) is 2. The van der Waals surface area contributed by atoms with Gasteiger partial charge in [0, 0.05) is 6.54 Å². The molecule has 0 fully saturated rings. The molecule has 0 heterocycles. The highest BCUT2D eigenvalue weighted by Crippen LogP contribution is 2.37. The number of sulfone groups is 1. The Morgan fingerprint density at radius 2 is 1.69 bits per heavy atom. The summed E-state index contributed by atoms with van der Waals surface area (Å²) in [5.41, 5.74) is 1.69. The first kappa shape index (κ1) is 28.9. The van der Waals surface area contributed by atoms with Gasteiger partial charge >= 0.3 is 0 Å². The van der Waals surface area contributed by atoms with Crippen molar-refractivity contribution in [2.75, 3.05) is 25.1 Å². The molecule has 2 aromatic carbocycles. The van der Waals surface area contributed by atoms with Crippen LogP contribution < -0.4 is 10.6 Å². The highest BCUT2D eigenvalue weighted by molar-refractivity contribution is 7.98. The van der Waals surface area contributed by atoms with Gasteiger partial charge in [0.25, 0.3) is 0 Å². The molecule has 0 aromatic heterocycles. The highest BCUT2D eigenvalue weighted by Gasteiger charge is 2.47. The predicted octanol–water partition coefficient (Wildman–Crippen LogP) is 4.08. The Bertz CT molecular complexity index is 1050. The standard InChI is InChI=1S/C27H37N3O3S2/c1-22(2)35(32,33)27(21-28,24-13-8-5-9-14-24)17-10-18-30-26(31)25(16-20-34-3)29-19-15-23-11-6-4-7-12-23/h4-9,11-14,22,25,29H,10,15-20H2,1-3H3,(H,30,31)/t25?,27-/m1/s1. The molecular weight excluding hydrogens is 478 g/mol. The third kappa shape index (κ3) is 7.83. The zero-order chi connectivity index (χ0) is 25.7. The van der Waals surface area contributed by atoms with Gasteiger partial charge in [-0.15, -0.1) is 0 Å². The van der Waals surface area contributed by atoms with Gasteiger partial charge in [-0.2, -0.15) is 17.0 Å². The van der Waals surface area contributed by atoms with Crippen molar-refractivity contribution >= 4 is 27.5 Å². The molecule has 0 radical (unpaired) electrons. The minimum Gasteiger partial charge on any atom is -0.355 e. The maximum atomic E-state index is 13.3. The number of hydrogen-bond acceptors (Lipinski definition) is 6. The van der Waals surface area contributed by atoms with Crippen molar-refractivity contribution in [2.24, 2.45) is 0 Å². The molecule has 0 aliphatic carbocycles. The lowest BCUT2D eigenvalue weighted by atomic mass is 9.94. The number of nitrogens with zero attached hydrogens (tertiary/aromatic N) is 1. The van der Waals surface area contributed by atoms with Crippen LogP contribution in [0.4, 0.5) is 0 Å². The molecule has 1 unspecified atom stereocenters. The van der Waals surface area contributed by atoms with Crippen LogP contribution in [0.2, 0.25) is 0 Å². The molecule has 35 heavy (non-hydrogen) atoms. The van der Waals surface area contributed by atoms with E-state index in [9.17, 15) is 18.5 Å². The smallest absolute Gasteiger partial charge is 0.237 e. The molecule has 0 aliphatic heterocycles. The van der Waals surface area contributed by atoms with Gasteiger partial charge in [-0.1, -0.05) is 60.7 Å². The maximum absolute atomic E-state index is 13.3. The highest BCUT2D eigenvalue weighted by atomic mass is 32.2. The van der Waals surface area contributed by atoms with Gasteiger partial charge in [0.05, 0.1) is 17.4 Å². The minimum atomic E-state index is -3.76. The molecule has 0 saturated carbocycles. The fourth-order valence-electron chi connectivity index (χ4n) is 4.01. The lowest BCUT2D eigenvalue weighted by Gasteiger charge is -2.29. The maximum Gasteiger partial charge on any atom is 0.237 e. The van der Waals surface area contributed by atoms with Crippen molar-refractivity contribution in [1.82, 2.24) is 10.6 Å². The minimum absolute atomic E-state index is 0.0962. The van der Waals surface area contributed by atoms with Crippen molar-refractivity contribution in [3.8, 4) is 6.07 Å². The van der Waals surface area contributed by atoms with E-state index in [2.05, 4.69) is 28.8 Å². The second-order valence-corrected chi connectivity index (χ2v) is 12.5.